The summed E-state index contributed by atoms with van der Waals surface area (Å²) in [6.45, 7) is 4.53. The molecule has 0 aliphatic heterocycles. The number of amides is 1. The predicted octanol–water partition coefficient (Wildman–Crippen LogP) is 10.9. The number of unbranched alkanes of at least 4 members (excludes halogenated alkanes) is 28. The molecule has 2 rings (SSSR count). The van der Waals surface area contributed by atoms with E-state index in [2.05, 4.69) is 24.8 Å². The first kappa shape index (κ1) is 55.5. The van der Waals surface area contributed by atoms with Crippen molar-refractivity contribution in [1.29, 1.82) is 0 Å². The summed E-state index contributed by atoms with van der Waals surface area (Å²) in [5.41, 5.74) is 6.78. The Morgan fingerprint density at radius 2 is 0.857 bits per heavy atom. The van der Waals surface area contributed by atoms with Gasteiger partial charge in [-0.2, -0.15) is 0 Å². The normalized spacial score (nSPS) is 10.4. The number of rotatable bonds is 33. The van der Waals surface area contributed by atoms with Crippen LogP contribution in [-0.2, 0) is 9.59 Å². The first-order valence-electron chi connectivity index (χ1n) is 22.3. The van der Waals surface area contributed by atoms with Crippen LogP contribution in [0.1, 0.15) is 235 Å². The summed E-state index contributed by atoms with van der Waals surface area (Å²) in [6.07, 6.45) is 45.0. The van der Waals surface area contributed by atoms with E-state index in [0.29, 0.717) is 16.8 Å². The van der Waals surface area contributed by atoms with E-state index in [9.17, 15) is 24.6 Å². The van der Waals surface area contributed by atoms with Crippen LogP contribution in [0.5, 0.6) is 0 Å². The minimum Gasteiger partial charge on any atom is -0.550 e. The number of hydrogen-bond acceptors (Lipinski definition) is 6. The van der Waals surface area contributed by atoms with E-state index in [1.54, 1.807) is 12.1 Å². The van der Waals surface area contributed by atoms with Gasteiger partial charge < -0.3 is 25.5 Å². The van der Waals surface area contributed by atoms with Gasteiger partial charge in [-0.25, -0.2) is 4.98 Å². The molecule has 312 valence electrons. The molecule has 2 aromatic rings. The van der Waals surface area contributed by atoms with Gasteiger partial charge in [0.05, 0.1) is 11.1 Å². The summed E-state index contributed by atoms with van der Waals surface area (Å²) in [5, 5.41) is 21.2. The number of carbonyl (C=O) groups excluding carboxylic acids is 3. The number of fused-ring (bicyclic) bond motifs is 1. The van der Waals surface area contributed by atoms with E-state index in [-0.39, 0.29) is 35.9 Å². The Kier molecular flexibility index (Phi) is 41.6. The van der Waals surface area contributed by atoms with Crippen molar-refractivity contribution in [1.82, 2.24) is 4.98 Å². The smallest absolute Gasteiger partial charge is 0.550 e. The Labute approximate surface area is 358 Å². The molecule has 0 aliphatic carbocycles. The molecule has 0 bridgehead atoms. The van der Waals surface area contributed by atoms with E-state index in [0.717, 1.165) is 31.1 Å². The molecule has 7 nitrogen and oxygen atoms in total. The standard InChI is InChI=1S/2C18H36O2.C12H8N2O.Mg/c2*1-2-3-4-5-6-7-8-9-10-11-12-13-14-15-16-17-18(19)20;1-2-8-7-10(12(13)15)9-5-3-4-6-11(9)14-8;/h2*2-17H2,1H3,(H,19,20);1,3-7H,(H2,13,15);/q;;;+2/p-2. The number of nitrogens with zero attached hydrogens (tertiary/aromatic N) is 1. The summed E-state index contributed by atoms with van der Waals surface area (Å²) in [4.78, 5) is 35.8. The zero-order valence-corrected chi connectivity index (χ0v) is 37.3. The average molecular weight is 787 g/mol. The average Bonchev–Trinajstić information content (AvgIpc) is 3.17. The van der Waals surface area contributed by atoms with Crippen LogP contribution in [0.15, 0.2) is 30.3 Å². The molecule has 0 radical (unpaired) electrons. The summed E-state index contributed by atoms with van der Waals surface area (Å²) in [6, 6.07) is 8.78. The molecule has 0 atom stereocenters. The molecule has 1 amide bonds. The number of benzene rings is 1. The first-order valence-corrected chi connectivity index (χ1v) is 22.3. The predicted molar refractivity (Wildman–Crippen MR) is 233 cm³/mol. The van der Waals surface area contributed by atoms with E-state index < -0.39 is 17.8 Å². The number of carboxylic acids is 2. The Morgan fingerprint density at radius 1 is 0.554 bits per heavy atom. The van der Waals surface area contributed by atoms with Crippen LogP contribution in [0, 0.1) is 12.3 Å². The fraction of sp³-hybridized carbons (Fsp3) is 0.708. The van der Waals surface area contributed by atoms with E-state index in [1.807, 2.05) is 12.1 Å². The van der Waals surface area contributed by atoms with Gasteiger partial charge in [0.25, 0.3) is 0 Å². The third-order valence-electron chi connectivity index (χ3n) is 10.1. The van der Waals surface area contributed by atoms with Gasteiger partial charge in [0, 0.05) is 17.3 Å². The van der Waals surface area contributed by atoms with Crippen LogP contribution in [0.3, 0.4) is 0 Å². The number of pyridine rings is 1. The summed E-state index contributed by atoms with van der Waals surface area (Å²) in [5.74, 6) is 0.0941. The van der Waals surface area contributed by atoms with Gasteiger partial charge in [0.15, 0.2) is 0 Å². The molecule has 1 aromatic heterocycles. The van der Waals surface area contributed by atoms with Crippen LogP contribution in [-0.4, -0.2) is 45.9 Å². The summed E-state index contributed by atoms with van der Waals surface area (Å²) >= 11 is 0. The van der Waals surface area contributed by atoms with Crippen LogP contribution in [0.25, 0.3) is 10.9 Å². The van der Waals surface area contributed by atoms with Crippen molar-refractivity contribution in [2.75, 3.05) is 0 Å². The topological polar surface area (TPSA) is 136 Å². The molecule has 0 fully saturated rings. The van der Waals surface area contributed by atoms with Crippen molar-refractivity contribution in [2.24, 2.45) is 5.73 Å². The molecule has 0 saturated heterocycles. The Balaban J connectivity index is 0. The van der Waals surface area contributed by atoms with Gasteiger partial charge >= 0.3 is 23.1 Å². The molecule has 0 spiro atoms. The molecular formula is C48H78MgN2O5. The van der Waals surface area contributed by atoms with Crippen molar-refractivity contribution in [2.45, 2.75) is 219 Å². The quantitative estimate of drug-likeness (QED) is 0.0434. The number of carboxylic acid groups (broad SMARTS) is 2. The molecule has 0 aliphatic rings. The van der Waals surface area contributed by atoms with Crippen molar-refractivity contribution in [3.63, 3.8) is 0 Å². The van der Waals surface area contributed by atoms with E-state index in [4.69, 9.17) is 12.2 Å². The molecule has 8 heteroatoms. The largest absolute Gasteiger partial charge is 2.00 e. The third-order valence-corrected chi connectivity index (χ3v) is 10.1. The van der Waals surface area contributed by atoms with Gasteiger partial charge in [0.1, 0.15) is 5.69 Å². The molecular weight excluding hydrogens is 709 g/mol. The van der Waals surface area contributed by atoms with Gasteiger partial charge in [-0.1, -0.05) is 218 Å². The molecule has 2 N–H and O–H groups in total. The SMILES string of the molecule is C#Cc1cc(C(N)=O)c2ccccc2n1.CCCCCCCCCCCCCCCCCC(=O)[O-].CCCCCCCCCCCCCCCCCC(=O)[O-].[Mg+2]. The number of primary amides is 1. The second-order valence-corrected chi connectivity index (χ2v) is 15.2. The van der Waals surface area contributed by atoms with Crippen LogP contribution in [0.2, 0.25) is 0 Å². The monoisotopic (exact) mass is 787 g/mol. The van der Waals surface area contributed by atoms with Crippen LogP contribution in [0.4, 0.5) is 0 Å². The van der Waals surface area contributed by atoms with Gasteiger partial charge in [-0.05, 0) is 37.8 Å². The van der Waals surface area contributed by atoms with Crippen molar-refractivity contribution >= 4 is 51.8 Å². The number of nitrogens with two attached hydrogens (primary N) is 1. The second kappa shape index (κ2) is 42.0. The summed E-state index contributed by atoms with van der Waals surface area (Å²) < 4.78 is 0. The molecule has 0 unspecified atom stereocenters. The number of carbonyl (C=O) groups is 3. The second-order valence-electron chi connectivity index (χ2n) is 15.2. The van der Waals surface area contributed by atoms with Crippen molar-refractivity contribution in [3.05, 3.63) is 41.6 Å². The van der Waals surface area contributed by atoms with E-state index in [1.165, 1.54) is 173 Å². The maximum atomic E-state index is 11.2. The maximum absolute atomic E-state index is 11.2. The van der Waals surface area contributed by atoms with Crippen LogP contribution < -0.4 is 15.9 Å². The fourth-order valence-corrected chi connectivity index (χ4v) is 6.73. The number of para-hydroxylation sites is 1. The number of hydrogen-bond donors (Lipinski definition) is 1. The Hall–Kier alpha value is -2.63. The minimum atomic E-state index is -0.903. The van der Waals surface area contributed by atoms with Gasteiger partial charge in [-0.3, -0.25) is 4.79 Å². The zero-order chi connectivity index (χ0) is 40.6. The van der Waals surface area contributed by atoms with E-state index >= 15 is 0 Å². The zero-order valence-electron chi connectivity index (χ0n) is 35.9. The third kappa shape index (κ3) is 35.8. The molecule has 0 saturated carbocycles. The molecule has 1 aromatic carbocycles. The maximum Gasteiger partial charge on any atom is 2.00 e. The Bertz CT molecular complexity index is 1230. The molecule has 56 heavy (non-hydrogen) atoms. The first-order chi connectivity index (χ1) is 26.8. The fourth-order valence-electron chi connectivity index (χ4n) is 6.73. The Morgan fingerprint density at radius 3 is 1.14 bits per heavy atom. The minimum absolute atomic E-state index is 0. The van der Waals surface area contributed by atoms with Gasteiger partial charge in [-0.15, -0.1) is 6.42 Å². The van der Waals surface area contributed by atoms with Crippen LogP contribution >= 0.6 is 0 Å². The summed E-state index contributed by atoms with van der Waals surface area (Å²) in [7, 11) is 0. The van der Waals surface area contributed by atoms with Crippen molar-refractivity contribution < 1.29 is 24.6 Å². The molecule has 1 heterocycles. The number of terminal acetylenes is 1. The van der Waals surface area contributed by atoms with Crippen molar-refractivity contribution in [3.8, 4) is 12.3 Å². The number of aromatic nitrogens is 1. The van der Waals surface area contributed by atoms with Gasteiger partial charge in [0.2, 0.25) is 5.91 Å². The number of aliphatic carboxylic acids is 2.